The average molecular weight is 157 g/mol. The summed E-state index contributed by atoms with van der Waals surface area (Å²) >= 11 is 0. The van der Waals surface area contributed by atoms with Gasteiger partial charge in [-0.05, 0) is 6.92 Å². The molecule has 3 N–H and O–H groups in total. The van der Waals surface area contributed by atoms with Gasteiger partial charge in [0.25, 0.3) is 5.91 Å². The lowest BCUT2D eigenvalue weighted by Gasteiger charge is -2.16. The molecule has 0 aliphatic carbocycles. The Morgan fingerprint density at radius 3 is 2.73 bits per heavy atom. The second-order valence-electron chi connectivity index (χ2n) is 2.03. The van der Waals surface area contributed by atoms with E-state index in [1.807, 2.05) is 0 Å². The Balaban J connectivity index is 3.98. The maximum absolute atomic E-state index is 10.5. The second kappa shape index (κ2) is 4.45. The zero-order valence-corrected chi connectivity index (χ0v) is 6.29. The zero-order valence-electron chi connectivity index (χ0n) is 6.29. The minimum atomic E-state index is -0.573. The van der Waals surface area contributed by atoms with Crippen LogP contribution in [0.2, 0.25) is 0 Å². The molecule has 5 heteroatoms. The fourth-order valence-electron chi connectivity index (χ4n) is 0.481. The van der Waals surface area contributed by atoms with Gasteiger partial charge in [-0.15, -0.1) is 0 Å². The van der Waals surface area contributed by atoms with Crippen molar-refractivity contribution in [2.45, 2.75) is 6.92 Å². The molecule has 0 rings (SSSR count). The van der Waals surface area contributed by atoms with Crippen molar-refractivity contribution in [3.8, 4) is 0 Å². The van der Waals surface area contributed by atoms with E-state index in [1.165, 1.54) is 10.4 Å². The Hall–Kier alpha value is -1.36. The highest BCUT2D eigenvalue weighted by atomic mass is 16.5. The molecule has 1 amide bonds. The van der Waals surface area contributed by atoms with E-state index in [1.54, 1.807) is 6.92 Å². The van der Waals surface area contributed by atoms with Crippen LogP contribution in [0.15, 0.2) is 12.3 Å². The highest BCUT2D eigenvalue weighted by molar-refractivity contribution is 5.79. The van der Waals surface area contributed by atoms with Gasteiger partial charge < -0.3 is 4.90 Å². The number of carbonyl (C=O) groups excluding carboxylic acids is 1. The smallest absolute Gasteiger partial charge is 0.263 e. The minimum Gasteiger partial charge on any atom is -0.328 e. The van der Waals surface area contributed by atoms with Crippen LogP contribution in [0.25, 0.3) is 0 Å². The van der Waals surface area contributed by atoms with Crippen LogP contribution in [0, 0.1) is 5.41 Å². The van der Waals surface area contributed by atoms with Crippen LogP contribution in [-0.4, -0.2) is 28.9 Å². The predicted molar refractivity (Wildman–Crippen MR) is 40.2 cm³/mol. The molecule has 0 saturated carbocycles. The van der Waals surface area contributed by atoms with Crippen molar-refractivity contribution in [3.05, 3.63) is 12.3 Å². The second-order valence-corrected chi connectivity index (χ2v) is 2.03. The Labute approximate surface area is 64.8 Å². The van der Waals surface area contributed by atoms with Gasteiger partial charge in [0.15, 0.2) is 0 Å². The number of amides is 1. The molecule has 0 aliphatic rings. The van der Waals surface area contributed by atoms with Crippen molar-refractivity contribution in [1.82, 2.24) is 10.4 Å². The molecule has 0 aromatic heterocycles. The van der Waals surface area contributed by atoms with Gasteiger partial charge >= 0.3 is 0 Å². The number of allylic oxidation sites excluding steroid dienone is 1. The predicted octanol–water partition coefficient (Wildman–Crippen LogP) is -0.0655. The molecule has 0 radical (unpaired) electrons. The molecule has 0 fully saturated rings. The van der Waals surface area contributed by atoms with Crippen LogP contribution in [0.3, 0.4) is 0 Å². The molecular formula is C6H11N3O2. The zero-order chi connectivity index (χ0) is 8.85. The van der Waals surface area contributed by atoms with E-state index >= 15 is 0 Å². The maximum Gasteiger partial charge on any atom is 0.263 e. The number of hydrogen-bond acceptors (Lipinski definition) is 3. The Bertz CT molecular complexity index is 179. The van der Waals surface area contributed by atoms with Gasteiger partial charge in [0, 0.05) is 5.70 Å². The number of nitrogens with one attached hydrogen (secondary N) is 2. The monoisotopic (exact) mass is 157 g/mol. The van der Waals surface area contributed by atoms with Crippen molar-refractivity contribution in [2.24, 2.45) is 0 Å². The van der Waals surface area contributed by atoms with Crippen molar-refractivity contribution in [1.29, 1.82) is 5.41 Å². The van der Waals surface area contributed by atoms with E-state index in [4.69, 9.17) is 10.6 Å². The summed E-state index contributed by atoms with van der Waals surface area (Å²) < 4.78 is 0. The third kappa shape index (κ3) is 3.36. The van der Waals surface area contributed by atoms with Crippen molar-refractivity contribution in [2.75, 3.05) is 6.54 Å². The first-order chi connectivity index (χ1) is 5.11. The quantitative estimate of drug-likeness (QED) is 0.231. The van der Waals surface area contributed by atoms with Crippen LogP contribution >= 0.6 is 0 Å². The Morgan fingerprint density at radius 1 is 1.91 bits per heavy atom. The summed E-state index contributed by atoms with van der Waals surface area (Å²) in [6.07, 6.45) is 0.970. The maximum atomic E-state index is 10.5. The largest absolute Gasteiger partial charge is 0.328 e. The van der Waals surface area contributed by atoms with E-state index < -0.39 is 5.91 Å². The van der Waals surface area contributed by atoms with Crippen LogP contribution in [0.5, 0.6) is 0 Å². The number of carbonyl (C=O) groups is 1. The summed E-state index contributed by atoms with van der Waals surface area (Å²) in [5.74, 6) is -0.573. The standard InChI is InChI=1S/C6H11N3O2/c1-5(2)9(4-7)3-6(10)8-11/h4,7,11H,1,3H2,2H3,(H,8,10). The fourth-order valence-corrected chi connectivity index (χ4v) is 0.481. The Morgan fingerprint density at radius 2 is 2.45 bits per heavy atom. The summed E-state index contributed by atoms with van der Waals surface area (Å²) in [7, 11) is 0. The molecule has 62 valence electrons. The summed E-state index contributed by atoms with van der Waals surface area (Å²) in [6, 6.07) is 0. The van der Waals surface area contributed by atoms with Crippen molar-refractivity contribution >= 4 is 12.2 Å². The molecule has 0 aromatic carbocycles. The number of nitrogens with zero attached hydrogens (tertiary/aromatic N) is 1. The highest BCUT2D eigenvalue weighted by Crippen LogP contribution is 1.94. The first-order valence-electron chi connectivity index (χ1n) is 2.97. The number of rotatable bonds is 4. The summed E-state index contributed by atoms with van der Waals surface area (Å²) in [5.41, 5.74) is 2.03. The lowest BCUT2D eigenvalue weighted by Crippen LogP contribution is -2.33. The van der Waals surface area contributed by atoms with Gasteiger partial charge in [-0.1, -0.05) is 6.58 Å². The summed E-state index contributed by atoms with van der Waals surface area (Å²) in [4.78, 5) is 11.8. The van der Waals surface area contributed by atoms with Gasteiger partial charge in [0.05, 0.1) is 6.34 Å². The molecule has 0 spiro atoms. The molecule has 0 atom stereocenters. The highest BCUT2D eigenvalue weighted by Gasteiger charge is 2.05. The Kier molecular flexibility index (Phi) is 3.90. The molecule has 0 aromatic rings. The molecule has 0 saturated heterocycles. The molecule has 11 heavy (non-hydrogen) atoms. The lowest BCUT2D eigenvalue weighted by atomic mass is 10.4. The van der Waals surface area contributed by atoms with Crippen molar-refractivity contribution < 1.29 is 10.0 Å². The molecular weight excluding hydrogens is 146 g/mol. The summed E-state index contributed by atoms with van der Waals surface area (Å²) in [5, 5.41) is 15.0. The normalized spacial score (nSPS) is 8.55. The van der Waals surface area contributed by atoms with Gasteiger partial charge in [0.2, 0.25) is 0 Å². The molecule has 0 aliphatic heterocycles. The minimum absolute atomic E-state index is 0.0880. The lowest BCUT2D eigenvalue weighted by molar-refractivity contribution is -0.129. The average Bonchev–Trinajstić information content (AvgIpc) is 1.99. The van der Waals surface area contributed by atoms with E-state index in [9.17, 15) is 4.79 Å². The van der Waals surface area contributed by atoms with E-state index in [0.29, 0.717) is 5.70 Å². The van der Waals surface area contributed by atoms with Crippen molar-refractivity contribution in [3.63, 3.8) is 0 Å². The van der Waals surface area contributed by atoms with Gasteiger partial charge in [0.1, 0.15) is 6.54 Å². The van der Waals surface area contributed by atoms with Crippen LogP contribution in [0.1, 0.15) is 6.92 Å². The van der Waals surface area contributed by atoms with E-state index in [2.05, 4.69) is 6.58 Å². The van der Waals surface area contributed by atoms with Gasteiger partial charge in [-0.25, -0.2) is 5.48 Å². The number of hydrogen-bond donors (Lipinski definition) is 3. The van der Waals surface area contributed by atoms with Gasteiger partial charge in [-0.3, -0.25) is 15.4 Å². The molecule has 5 nitrogen and oxygen atoms in total. The molecule has 0 unspecified atom stereocenters. The van der Waals surface area contributed by atoms with E-state index in [-0.39, 0.29) is 6.54 Å². The third-order valence-corrected chi connectivity index (χ3v) is 1.08. The van der Waals surface area contributed by atoms with Crippen LogP contribution in [0.4, 0.5) is 0 Å². The first kappa shape index (κ1) is 9.64. The van der Waals surface area contributed by atoms with E-state index in [0.717, 1.165) is 6.34 Å². The topological polar surface area (TPSA) is 76.4 Å². The third-order valence-electron chi connectivity index (χ3n) is 1.08. The van der Waals surface area contributed by atoms with Crippen LogP contribution in [-0.2, 0) is 4.79 Å². The van der Waals surface area contributed by atoms with Gasteiger partial charge in [-0.2, -0.15) is 0 Å². The summed E-state index contributed by atoms with van der Waals surface area (Å²) in [6.45, 7) is 5.10. The van der Waals surface area contributed by atoms with Crippen LogP contribution < -0.4 is 5.48 Å². The molecule has 0 heterocycles. The SMILES string of the molecule is C=C(C)N(C=N)CC(=O)NO. The fraction of sp³-hybridized carbons (Fsp3) is 0.333. The first-order valence-corrected chi connectivity index (χ1v) is 2.97. The number of hydroxylamine groups is 1. The molecule has 0 bridgehead atoms.